The Hall–Kier alpha value is -1.09. The van der Waals surface area contributed by atoms with E-state index < -0.39 is 10.0 Å². The maximum Gasteiger partial charge on any atom is 0.215 e. The average molecular weight is 365 g/mol. The largest absolute Gasteiger partial charge is 0.215 e. The van der Waals surface area contributed by atoms with Gasteiger partial charge < -0.3 is 0 Å². The number of halogens is 1. The van der Waals surface area contributed by atoms with E-state index in [1.165, 1.54) is 0 Å². The molecule has 1 aromatic carbocycles. The number of benzene rings is 1. The van der Waals surface area contributed by atoms with Crippen LogP contribution in [-0.2, 0) is 16.6 Å². The van der Waals surface area contributed by atoms with Crippen molar-refractivity contribution in [3.63, 3.8) is 0 Å². The van der Waals surface area contributed by atoms with E-state index >= 15 is 0 Å². The summed E-state index contributed by atoms with van der Waals surface area (Å²) in [4.78, 5) is 0. The van der Waals surface area contributed by atoms with Crippen molar-refractivity contribution in [1.29, 1.82) is 5.26 Å². The number of sulfonamides is 1. The lowest BCUT2D eigenvalue weighted by Gasteiger charge is -2.37. The fourth-order valence-electron chi connectivity index (χ4n) is 5.50. The SMILES string of the molecule is CC1(C)[C@@H]2CC[C@]13CS(=O)(=O)N(Cc1ccc(C#N)cc1Cl)[C@@H]3C2. The number of nitrogens with zero attached hydrogens (tertiary/aromatic N) is 2. The fourth-order valence-corrected chi connectivity index (χ4v) is 8.27. The second-order valence-electron chi connectivity index (χ2n) is 8.08. The summed E-state index contributed by atoms with van der Waals surface area (Å²) in [6.45, 7) is 4.80. The number of hydrogen-bond donors (Lipinski definition) is 0. The number of nitriles is 1. The van der Waals surface area contributed by atoms with Gasteiger partial charge in [0.05, 0.1) is 17.4 Å². The highest BCUT2D eigenvalue weighted by molar-refractivity contribution is 7.89. The number of fused-ring (bicyclic) bond motifs is 1. The van der Waals surface area contributed by atoms with Crippen LogP contribution in [0.1, 0.15) is 44.2 Å². The van der Waals surface area contributed by atoms with Crippen molar-refractivity contribution in [3.05, 3.63) is 34.3 Å². The van der Waals surface area contributed by atoms with Crippen molar-refractivity contribution in [2.75, 3.05) is 5.75 Å². The standard InChI is InChI=1S/C18H21ClN2O2S/c1-17(2)14-5-6-18(17)11-24(22,23)21(16(18)8-14)10-13-4-3-12(9-20)7-15(13)19/h3-4,7,14,16H,5-6,8,10-11H2,1-2H3/t14-,16-,18-/m1/s1. The molecule has 0 aromatic heterocycles. The molecule has 2 aliphatic carbocycles. The van der Waals surface area contributed by atoms with Gasteiger partial charge in [0.25, 0.3) is 0 Å². The topological polar surface area (TPSA) is 61.2 Å². The van der Waals surface area contributed by atoms with Crippen molar-refractivity contribution < 1.29 is 8.42 Å². The van der Waals surface area contributed by atoms with E-state index in [1.807, 2.05) is 0 Å². The van der Waals surface area contributed by atoms with E-state index in [-0.39, 0.29) is 22.6 Å². The molecule has 4 rings (SSSR count). The molecule has 0 N–H and O–H groups in total. The van der Waals surface area contributed by atoms with Gasteiger partial charge >= 0.3 is 0 Å². The van der Waals surface area contributed by atoms with Crippen LogP contribution in [-0.4, -0.2) is 24.5 Å². The number of hydrogen-bond acceptors (Lipinski definition) is 3. The van der Waals surface area contributed by atoms with Gasteiger partial charge in [-0.2, -0.15) is 9.57 Å². The molecule has 1 saturated heterocycles. The van der Waals surface area contributed by atoms with Crippen molar-refractivity contribution in [2.45, 2.75) is 45.7 Å². The minimum atomic E-state index is -3.28. The predicted octanol–water partition coefficient (Wildman–Crippen LogP) is 3.55. The van der Waals surface area contributed by atoms with Crippen molar-refractivity contribution in [2.24, 2.45) is 16.7 Å². The first-order valence-corrected chi connectivity index (χ1v) is 10.4. The Morgan fingerprint density at radius 3 is 2.79 bits per heavy atom. The Balaban J connectivity index is 1.71. The lowest BCUT2D eigenvalue weighted by atomic mass is 9.69. The van der Waals surface area contributed by atoms with Crippen LogP contribution in [0, 0.1) is 28.1 Å². The Bertz CT molecular complexity index is 858. The van der Waals surface area contributed by atoms with Crippen LogP contribution in [0.25, 0.3) is 0 Å². The summed E-state index contributed by atoms with van der Waals surface area (Å²) in [7, 11) is -3.28. The molecule has 1 aromatic rings. The van der Waals surface area contributed by atoms with Crippen molar-refractivity contribution >= 4 is 21.6 Å². The minimum absolute atomic E-state index is 0.0773. The number of rotatable bonds is 2. The highest BCUT2D eigenvalue weighted by Gasteiger charge is 2.71. The second kappa shape index (κ2) is 4.97. The van der Waals surface area contributed by atoms with Crippen molar-refractivity contribution in [1.82, 2.24) is 4.31 Å². The molecule has 0 unspecified atom stereocenters. The van der Waals surface area contributed by atoms with E-state index in [0.29, 0.717) is 23.0 Å². The molecule has 0 amide bonds. The molecule has 1 heterocycles. The van der Waals surface area contributed by atoms with Gasteiger partial charge in [0, 0.05) is 23.0 Å². The lowest BCUT2D eigenvalue weighted by Crippen LogP contribution is -2.41. The summed E-state index contributed by atoms with van der Waals surface area (Å²) in [6.07, 6.45) is 3.11. The predicted molar refractivity (Wildman–Crippen MR) is 92.8 cm³/mol. The maximum absolute atomic E-state index is 12.9. The van der Waals surface area contributed by atoms with E-state index in [2.05, 4.69) is 19.9 Å². The van der Waals surface area contributed by atoms with Gasteiger partial charge in [0.2, 0.25) is 10.0 Å². The normalized spacial score (nSPS) is 35.8. The van der Waals surface area contributed by atoms with E-state index in [1.54, 1.807) is 22.5 Å². The molecular formula is C18H21ClN2O2S. The van der Waals surface area contributed by atoms with Gasteiger partial charge in [-0.3, -0.25) is 0 Å². The monoisotopic (exact) mass is 364 g/mol. The highest BCUT2D eigenvalue weighted by atomic mass is 35.5. The molecule has 4 nitrogen and oxygen atoms in total. The smallest absolute Gasteiger partial charge is 0.212 e. The first kappa shape index (κ1) is 16.4. The van der Waals surface area contributed by atoms with Gasteiger partial charge in [0.1, 0.15) is 0 Å². The van der Waals surface area contributed by atoms with Crippen molar-refractivity contribution in [3.8, 4) is 6.07 Å². The molecule has 128 valence electrons. The summed E-state index contributed by atoms with van der Waals surface area (Å²) >= 11 is 6.28. The highest BCUT2D eigenvalue weighted by Crippen LogP contribution is 2.70. The fraction of sp³-hybridized carbons (Fsp3) is 0.611. The van der Waals surface area contributed by atoms with Crippen LogP contribution in [0.15, 0.2) is 18.2 Å². The van der Waals surface area contributed by atoms with Crippen LogP contribution in [0.4, 0.5) is 0 Å². The molecule has 0 radical (unpaired) electrons. The third-order valence-corrected chi connectivity index (χ3v) is 9.37. The molecule has 3 atom stereocenters. The van der Waals surface area contributed by atoms with Gasteiger partial charge in [0.15, 0.2) is 0 Å². The Labute approximate surface area is 148 Å². The van der Waals surface area contributed by atoms with Crippen LogP contribution in [0.5, 0.6) is 0 Å². The third kappa shape index (κ3) is 1.97. The van der Waals surface area contributed by atoms with Gasteiger partial charge in [-0.05, 0) is 48.3 Å². The van der Waals surface area contributed by atoms with E-state index in [9.17, 15) is 8.42 Å². The van der Waals surface area contributed by atoms with Crippen LogP contribution in [0.3, 0.4) is 0 Å². The average Bonchev–Trinajstić information content (AvgIpc) is 2.98. The minimum Gasteiger partial charge on any atom is -0.212 e. The first-order valence-electron chi connectivity index (χ1n) is 8.39. The molecule has 24 heavy (non-hydrogen) atoms. The van der Waals surface area contributed by atoms with Gasteiger partial charge in [-0.1, -0.05) is 31.5 Å². The molecule has 3 aliphatic rings. The van der Waals surface area contributed by atoms with Crippen LogP contribution >= 0.6 is 11.6 Å². The quantitative estimate of drug-likeness (QED) is 0.806. The Morgan fingerprint density at radius 1 is 1.42 bits per heavy atom. The zero-order valence-electron chi connectivity index (χ0n) is 13.9. The third-order valence-electron chi connectivity index (χ3n) is 7.04. The summed E-state index contributed by atoms with van der Waals surface area (Å²) in [5.74, 6) is 0.874. The molecular weight excluding hydrogens is 344 g/mol. The maximum atomic E-state index is 12.9. The molecule has 2 bridgehead atoms. The summed E-state index contributed by atoms with van der Waals surface area (Å²) in [5.41, 5.74) is 1.23. The van der Waals surface area contributed by atoms with E-state index in [0.717, 1.165) is 24.8 Å². The molecule has 1 aliphatic heterocycles. The van der Waals surface area contributed by atoms with Crippen LogP contribution < -0.4 is 0 Å². The summed E-state index contributed by atoms with van der Waals surface area (Å²) in [5, 5.41) is 9.42. The summed E-state index contributed by atoms with van der Waals surface area (Å²) < 4.78 is 27.5. The molecule has 1 spiro atoms. The summed E-state index contributed by atoms with van der Waals surface area (Å²) in [6, 6.07) is 7.23. The van der Waals surface area contributed by atoms with Gasteiger partial charge in [-0.15, -0.1) is 0 Å². The molecule has 3 fully saturated rings. The first-order chi connectivity index (χ1) is 11.2. The molecule has 2 saturated carbocycles. The van der Waals surface area contributed by atoms with Gasteiger partial charge in [-0.25, -0.2) is 8.42 Å². The Morgan fingerprint density at radius 2 is 2.17 bits per heavy atom. The zero-order chi connectivity index (χ0) is 17.3. The van der Waals surface area contributed by atoms with E-state index in [4.69, 9.17) is 16.9 Å². The Kier molecular flexibility index (Phi) is 3.39. The van der Waals surface area contributed by atoms with Crippen LogP contribution in [0.2, 0.25) is 5.02 Å². The zero-order valence-corrected chi connectivity index (χ0v) is 15.5. The second-order valence-corrected chi connectivity index (χ2v) is 10.4. The lowest BCUT2D eigenvalue weighted by molar-refractivity contribution is 0.112. The molecule has 6 heteroatoms.